The number of fused-ring (bicyclic) bond motifs is 5. The Balaban J connectivity index is 1.56. The van der Waals surface area contributed by atoms with Crippen LogP contribution >= 0.6 is 0 Å². The van der Waals surface area contributed by atoms with E-state index in [2.05, 4.69) is 59.8 Å². The number of allylic oxidation sites excluding steroid dienone is 2. The highest BCUT2D eigenvalue weighted by atomic mass is 32.2. The predicted octanol–water partition coefficient (Wildman–Crippen LogP) is 4.74. The van der Waals surface area contributed by atoms with Gasteiger partial charge in [-0.3, -0.25) is 4.79 Å². The van der Waals surface area contributed by atoms with Gasteiger partial charge in [0, 0.05) is 10.1 Å². The van der Waals surface area contributed by atoms with Crippen molar-refractivity contribution in [1.82, 2.24) is 0 Å². The minimum atomic E-state index is -0.337. The zero-order chi connectivity index (χ0) is 18.5. The molecule has 27 heavy (non-hydrogen) atoms. The van der Waals surface area contributed by atoms with Crippen molar-refractivity contribution in [2.45, 2.75) is 36.3 Å². The first-order chi connectivity index (χ1) is 13.2. The zero-order valence-electron chi connectivity index (χ0n) is 15.6. The minimum Gasteiger partial charge on any atom is -0.497 e. The second kappa shape index (κ2) is 6.45. The van der Waals surface area contributed by atoms with Crippen molar-refractivity contribution >= 4 is 22.2 Å². The number of hydrogen-bond acceptors (Lipinski definition) is 2. The first-order valence-corrected chi connectivity index (χ1v) is 10.8. The fourth-order valence-corrected chi connectivity index (χ4v) is 7.21. The van der Waals surface area contributed by atoms with E-state index in [1.54, 1.807) is 7.11 Å². The molecule has 0 fully saturated rings. The van der Waals surface area contributed by atoms with Crippen LogP contribution in [-0.2, 0) is 21.9 Å². The van der Waals surface area contributed by atoms with E-state index >= 15 is 0 Å². The van der Waals surface area contributed by atoms with Gasteiger partial charge in [0.05, 0.1) is 13.0 Å². The Bertz CT molecular complexity index is 990. The third-order valence-corrected chi connectivity index (χ3v) is 8.46. The Morgan fingerprint density at radius 3 is 2.70 bits per heavy atom. The second-order valence-corrected chi connectivity index (χ2v) is 9.52. The van der Waals surface area contributed by atoms with Gasteiger partial charge >= 0.3 is 0 Å². The van der Waals surface area contributed by atoms with Crippen molar-refractivity contribution in [3.8, 4) is 5.75 Å². The Kier molecular flexibility index (Phi) is 4.05. The zero-order valence-corrected chi connectivity index (χ0v) is 16.5. The number of aryl methyl sites for hydroxylation is 2. The molecular weight excluding hydrogens is 354 g/mol. The summed E-state index contributed by atoms with van der Waals surface area (Å²) < 4.78 is 10.0. The monoisotopic (exact) mass is 377 g/mol. The van der Waals surface area contributed by atoms with Crippen LogP contribution in [0.1, 0.15) is 29.5 Å². The molecule has 0 spiro atoms. The summed E-state index contributed by atoms with van der Waals surface area (Å²) in [5.74, 6) is 1.51. The largest absolute Gasteiger partial charge is 0.497 e. The number of amides is 1. The van der Waals surface area contributed by atoms with Crippen LogP contribution in [0.3, 0.4) is 0 Å². The molecule has 1 heterocycles. The van der Waals surface area contributed by atoms with E-state index in [4.69, 9.17) is 4.74 Å². The molecule has 0 aromatic heterocycles. The van der Waals surface area contributed by atoms with Crippen LogP contribution < -0.4 is 4.74 Å². The van der Waals surface area contributed by atoms with Gasteiger partial charge in [-0.1, -0.05) is 40.5 Å². The maximum atomic E-state index is 12.7. The van der Waals surface area contributed by atoms with E-state index in [0.29, 0.717) is 11.2 Å². The highest BCUT2D eigenvalue weighted by molar-refractivity contribution is 7.88. The maximum absolute atomic E-state index is 12.7. The van der Waals surface area contributed by atoms with Crippen molar-refractivity contribution in [1.29, 1.82) is 0 Å². The topological polar surface area (TPSA) is 38.7 Å². The van der Waals surface area contributed by atoms with E-state index in [1.165, 1.54) is 27.2 Å². The number of ether oxygens (including phenoxy) is 1. The van der Waals surface area contributed by atoms with E-state index in [0.717, 1.165) is 25.0 Å². The van der Waals surface area contributed by atoms with Gasteiger partial charge in [-0.05, 0) is 73.1 Å². The molecule has 0 radical (unpaired) electrons. The quantitative estimate of drug-likeness (QED) is 0.758. The molecule has 2 aromatic rings. The molecule has 3 aliphatic rings. The molecule has 0 saturated heterocycles. The molecule has 0 N–H and O–H groups in total. The summed E-state index contributed by atoms with van der Waals surface area (Å²) in [6.45, 7) is 2.10. The molecule has 0 saturated carbocycles. The van der Waals surface area contributed by atoms with E-state index in [-0.39, 0.29) is 22.5 Å². The van der Waals surface area contributed by atoms with Gasteiger partial charge in [0.15, 0.2) is 0 Å². The fourth-order valence-electron chi connectivity index (χ4n) is 4.79. The van der Waals surface area contributed by atoms with Crippen LogP contribution in [0.2, 0.25) is 0 Å². The number of nitrogens with zero attached hydrogens (tertiary/aromatic N) is 1. The Labute approximate surface area is 162 Å². The molecule has 1 unspecified atom stereocenters. The smallest absolute Gasteiger partial charge is 0.256 e. The summed E-state index contributed by atoms with van der Waals surface area (Å²) in [5.41, 5.74) is 5.38. The van der Waals surface area contributed by atoms with Crippen molar-refractivity contribution in [2.24, 2.45) is 16.2 Å². The average Bonchev–Trinajstić information content (AvgIpc) is 3.04. The van der Waals surface area contributed by atoms with Crippen molar-refractivity contribution in [2.75, 3.05) is 7.11 Å². The predicted molar refractivity (Wildman–Crippen MR) is 109 cm³/mol. The summed E-state index contributed by atoms with van der Waals surface area (Å²) >= 11 is 0. The van der Waals surface area contributed by atoms with E-state index < -0.39 is 0 Å². The van der Waals surface area contributed by atoms with Crippen LogP contribution in [0.15, 0.2) is 57.8 Å². The van der Waals surface area contributed by atoms with Crippen molar-refractivity contribution < 1.29 is 9.53 Å². The summed E-state index contributed by atoms with van der Waals surface area (Å²) in [6, 6.07) is 15.0. The number of methoxy groups -OCH3 is 1. The number of rotatable bonds is 2. The molecule has 2 aromatic carbocycles. The highest BCUT2D eigenvalue weighted by Crippen LogP contribution is 2.49. The van der Waals surface area contributed by atoms with Crippen LogP contribution in [0, 0.1) is 18.8 Å². The first kappa shape index (κ1) is 16.9. The van der Waals surface area contributed by atoms with Crippen molar-refractivity contribution in [3.05, 3.63) is 65.2 Å². The fraction of sp³-hybridized carbons (Fsp3) is 0.348. The molecule has 1 aliphatic heterocycles. The SMILES string of the molecule is COc1ccc2c(c1)CC[C@@H]1C2=CC[C@@H]2C(=O)N=S(c3ccc(C)cc3)[C@@H]21. The molecule has 5 rings (SSSR count). The number of carbonyl (C=O) groups excluding carboxylic acids is 1. The molecule has 2 aliphatic carbocycles. The Morgan fingerprint density at radius 2 is 1.93 bits per heavy atom. The van der Waals surface area contributed by atoms with E-state index in [1.807, 2.05) is 0 Å². The molecule has 0 bridgehead atoms. The third kappa shape index (κ3) is 2.69. The highest BCUT2D eigenvalue weighted by Gasteiger charge is 2.47. The van der Waals surface area contributed by atoms with Gasteiger partial charge in [0.2, 0.25) is 0 Å². The lowest BCUT2D eigenvalue weighted by Crippen LogP contribution is -2.37. The summed E-state index contributed by atoms with van der Waals surface area (Å²) in [4.78, 5) is 13.9. The number of benzene rings is 2. The van der Waals surface area contributed by atoms with E-state index in [9.17, 15) is 4.79 Å². The van der Waals surface area contributed by atoms with Gasteiger partial charge in [-0.2, -0.15) is 4.36 Å². The number of carbonyl (C=O) groups is 1. The summed E-state index contributed by atoms with van der Waals surface area (Å²) in [6.07, 6.45) is 5.26. The maximum Gasteiger partial charge on any atom is 0.256 e. The molecular formula is C23H23NO2S. The van der Waals surface area contributed by atoms with Crippen LogP contribution in [0.25, 0.3) is 5.57 Å². The van der Waals surface area contributed by atoms with Gasteiger partial charge in [-0.25, -0.2) is 0 Å². The molecule has 1 amide bonds. The van der Waals surface area contributed by atoms with Crippen molar-refractivity contribution in [3.63, 3.8) is 0 Å². The molecule has 138 valence electrons. The second-order valence-electron chi connectivity index (χ2n) is 7.69. The summed E-state index contributed by atoms with van der Waals surface area (Å²) in [5, 5.41) is 0.315. The third-order valence-electron chi connectivity index (χ3n) is 6.16. The normalized spacial score (nSPS) is 28.5. The van der Waals surface area contributed by atoms with Gasteiger partial charge < -0.3 is 4.74 Å². The lowest BCUT2D eigenvalue weighted by atomic mass is 9.71. The minimum absolute atomic E-state index is 0.0585. The molecule has 3 nitrogen and oxygen atoms in total. The number of hydrogen-bond donors (Lipinski definition) is 0. The van der Waals surface area contributed by atoms with Crippen LogP contribution in [0.5, 0.6) is 5.75 Å². The molecule has 4 heteroatoms. The summed E-state index contributed by atoms with van der Waals surface area (Å²) in [7, 11) is 1.38. The lowest BCUT2D eigenvalue weighted by Gasteiger charge is -2.38. The van der Waals surface area contributed by atoms with Gasteiger partial charge in [-0.15, -0.1) is 0 Å². The van der Waals surface area contributed by atoms with Gasteiger partial charge in [0.25, 0.3) is 5.91 Å². The lowest BCUT2D eigenvalue weighted by molar-refractivity contribution is -0.121. The molecule has 4 atom stereocenters. The average molecular weight is 378 g/mol. The standard InChI is InChI=1S/C23H23NO2S/c1-14-3-7-17(8-4-14)27-22-20-9-5-15-13-16(26-2)6-10-18(15)19(20)11-12-21(22)23(25)24-27/h3-4,6-8,10-11,13,20-22H,5,9,12H2,1-2H3/t20-,21+,22-,27?/m1/s1. The Hall–Kier alpha value is -2.20. The van der Waals surface area contributed by atoms with Crippen LogP contribution in [0.4, 0.5) is 0 Å². The Morgan fingerprint density at radius 1 is 1.11 bits per heavy atom. The van der Waals surface area contributed by atoms with Gasteiger partial charge in [0.1, 0.15) is 5.75 Å². The first-order valence-electron chi connectivity index (χ1n) is 9.58. The van der Waals surface area contributed by atoms with Crippen LogP contribution in [-0.4, -0.2) is 18.3 Å².